The number of hydrogen-bond donors (Lipinski definition) is 2. The molecule has 2 amide bonds. The molecule has 1 aromatic carbocycles. The van der Waals surface area contributed by atoms with Gasteiger partial charge in [-0.15, -0.1) is 0 Å². The highest BCUT2D eigenvalue weighted by Gasteiger charge is 2.05. The number of carbonyl (C=O) groups is 2. The Morgan fingerprint density at radius 2 is 2.00 bits per heavy atom. The monoisotopic (exact) mass is 284 g/mol. The molecule has 0 radical (unpaired) electrons. The molecule has 0 unspecified atom stereocenters. The quantitative estimate of drug-likeness (QED) is 0.848. The summed E-state index contributed by atoms with van der Waals surface area (Å²) in [6.07, 6.45) is 2.97. The minimum Gasteiger partial charge on any atom is -0.462 e. The molecule has 0 aliphatic carbocycles. The molecule has 0 saturated carbocycles. The molecule has 1 aromatic heterocycles. The van der Waals surface area contributed by atoms with Crippen molar-refractivity contribution >= 4 is 23.6 Å². The molecule has 5 heteroatoms. The van der Waals surface area contributed by atoms with Crippen LogP contribution in [0.1, 0.15) is 21.9 Å². The summed E-state index contributed by atoms with van der Waals surface area (Å²) in [5.74, 6) is 0.904. The van der Waals surface area contributed by atoms with Crippen molar-refractivity contribution in [2.45, 2.75) is 6.92 Å². The molecule has 0 atom stereocenters. The number of amides is 2. The van der Waals surface area contributed by atoms with E-state index in [1.54, 1.807) is 43.5 Å². The van der Waals surface area contributed by atoms with Gasteiger partial charge >= 0.3 is 0 Å². The van der Waals surface area contributed by atoms with Crippen LogP contribution in [-0.2, 0) is 4.79 Å². The summed E-state index contributed by atoms with van der Waals surface area (Å²) in [5.41, 5.74) is 1.04. The second-order valence-corrected chi connectivity index (χ2v) is 4.43. The fourth-order valence-corrected chi connectivity index (χ4v) is 1.77. The molecular formula is C16H16N2O3. The molecule has 0 aliphatic rings. The van der Waals surface area contributed by atoms with Gasteiger partial charge in [-0.25, -0.2) is 0 Å². The lowest BCUT2D eigenvalue weighted by Gasteiger charge is -2.04. The lowest BCUT2D eigenvalue weighted by Crippen LogP contribution is -2.18. The molecule has 2 aromatic rings. The van der Waals surface area contributed by atoms with Gasteiger partial charge in [0.05, 0.1) is 0 Å². The Balaban J connectivity index is 2.02. The third kappa shape index (κ3) is 4.07. The fourth-order valence-electron chi connectivity index (χ4n) is 1.77. The molecule has 2 rings (SSSR count). The van der Waals surface area contributed by atoms with E-state index in [9.17, 15) is 9.59 Å². The van der Waals surface area contributed by atoms with Crippen molar-refractivity contribution in [3.8, 4) is 0 Å². The third-order valence-electron chi connectivity index (χ3n) is 2.78. The van der Waals surface area contributed by atoms with Crippen molar-refractivity contribution in [2.24, 2.45) is 0 Å². The number of aryl methyl sites for hydroxylation is 1. The third-order valence-corrected chi connectivity index (χ3v) is 2.78. The fraction of sp³-hybridized carbons (Fsp3) is 0.125. The summed E-state index contributed by atoms with van der Waals surface area (Å²) in [5, 5.41) is 5.22. The molecule has 0 aliphatic heterocycles. The summed E-state index contributed by atoms with van der Waals surface area (Å²) in [6.45, 7) is 1.84. The van der Waals surface area contributed by atoms with Crippen LogP contribution in [-0.4, -0.2) is 18.9 Å². The van der Waals surface area contributed by atoms with Crippen LogP contribution < -0.4 is 10.6 Å². The van der Waals surface area contributed by atoms with Gasteiger partial charge in [0.2, 0.25) is 5.91 Å². The SMILES string of the molecule is CNC(=O)c1cccc(NC(=O)C=Cc2ccc(C)o2)c1. The number of hydrogen-bond acceptors (Lipinski definition) is 3. The molecule has 0 spiro atoms. The van der Waals surface area contributed by atoms with E-state index in [4.69, 9.17) is 4.42 Å². The molecule has 5 nitrogen and oxygen atoms in total. The van der Waals surface area contributed by atoms with Crippen molar-refractivity contribution in [3.63, 3.8) is 0 Å². The maximum absolute atomic E-state index is 11.8. The average Bonchev–Trinajstić information content (AvgIpc) is 2.90. The van der Waals surface area contributed by atoms with Crippen molar-refractivity contribution in [3.05, 3.63) is 59.6 Å². The summed E-state index contributed by atoms with van der Waals surface area (Å²) < 4.78 is 5.33. The summed E-state index contributed by atoms with van der Waals surface area (Å²) in [7, 11) is 1.56. The van der Waals surface area contributed by atoms with E-state index in [1.807, 2.05) is 13.0 Å². The first-order chi connectivity index (χ1) is 10.1. The summed E-state index contributed by atoms with van der Waals surface area (Å²) >= 11 is 0. The summed E-state index contributed by atoms with van der Waals surface area (Å²) in [4.78, 5) is 23.3. The van der Waals surface area contributed by atoms with Gasteiger partial charge in [0, 0.05) is 24.4 Å². The van der Waals surface area contributed by atoms with Gasteiger partial charge in [-0.2, -0.15) is 0 Å². The van der Waals surface area contributed by atoms with Crippen LogP contribution in [0.3, 0.4) is 0 Å². The standard InChI is InChI=1S/C16H16N2O3/c1-11-6-7-14(21-11)8-9-15(19)18-13-5-3-4-12(10-13)16(20)17-2/h3-10H,1-2H3,(H,17,20)(H,18,19). The van der Waals surface area contributed by atoms with Gasteiger partial charge in [-0.05, 0) is 43.3 Å². The Hall–Kier alpha value is -2.82. The second-order valence-electron chi connectivity index (χ2n) is 4.43. The van der Waals surface area contributed by atoms with Crippen molar-refractivity contribution in [1.29, 1.82) is 0 Å². The number of anilines is 1. The van der Waals surface area contributed by atoms with Crippen molar-refractivity contribution in [1.82, 2.24) is 5.32 Å². The minimum atomic E-state index is -0.293. The van der Waals surface area contributed by atoms with Gasteiger partial charge in [0.1, 0.15) is 11.5 Å². The minimum absolute atomic E-state index is 0.201. The predicted molar refractivity (Wildman–Crippen MR) is 80.9 cm³/mol. The van der Waals surface area contributed by atoms with Crippen molar-refractivity contribution in [2.75, 3.05) is 12.4 Å². The topological polar surface area (TPSA) is 71.3 Å². The molecule has 2 N–H and O–H groups in total. The van der Waals surface area contributed by atoms with Crippen LogP contribution in [0.2, 0.25) is 0 Å². The molecule has 0 bridgehead atoms. The normalized spacial score (nSPS) is 10.6. The van der Waals surface area contributed by atoms with Crippen LogP contribution in [0.4, 0.5) is 5.69 Å². The molecule has 1 heterocycles. The highest BCUT2D eigenvalue weighted by atomic mass is 16.3. The molecule has 108 valence electrons. The number of carbonyl (C=O) groups excluding carboxylic acids is 2. The first-order valence-electron chi connectivity index (χ1n) is 6.46. The second kappa shape index (κ2) is 6.56. The molecule has 0 saturated heterocycles. The van der Waals surface area contributed by atoms with E-state index < -0.39 is 0 Å². The zero-order chi connectivity index (χ0) is 15.2. The largest absolute Gasteiger partial charge is 0.462 e. The highest BCUT2D eigenvalue weighted by Crippen LogP contribution is 2.11. The zero-order valence-corrected chi connectivity index (χ0v) is 11.8. The van der Waals surface area contributed by atoms with Crippen LogP contribution in [0.25, 0.3) is 6.08 Å². The van der Waals surface area contributed by atoms with Gasteiger partial charge in [0.15, 0.2) is 0 Å². The molecule has 0 fully saturated rings. The van der Waals surface area contributed by atoms with E-state index in [0.29, 0.717) is 17.0 Å². The molecular weight excluding hydrogens is 268 g/mol. The number of rotatable bonds is 4. The van der Waals surface area contributed by atoms with E-state index in [1.165, 1.54) is 6.08 Å². The maximum atomic E-state index is 11.8. The summed E-state index contributed by atoms with van der Waals surface area (Å²) in [6, 6.07) is 10.3. The smallest absolute Gasteiger partial charge is 0.251 e. The lowest BCUT2D eigenvalue weighted by atomic mass is 10.2. The van der Waals surface area contributed by atoms with Gasteiger partial charge in [-0.3, -0.25) is 9.59 Å². The number of furan rings is 1. The van der Waals surface area contributed by atoms with E-state index in [2.05, 4.69) is 10.6 Å². The van der Waals surface area contributed by atoms with Crippen LogP contribution in [0, 0.1) is 6.92 Å². The first-order valence-corrected chi connectivity index (χ1v) is 6.46. The van der Waals surface area contributed by atoms with Crippen LogP contribution in [0.15, 0.2) is 46.9 Å². The maximum Gasteiger partial charge on any atom is 0.251 e. The predicted octanol–water partition coefficient (Wildman–Crippen LogP) is 2.60. The Bertz CT molecular complexity index is 686. The van der Waals surface area contributed by atoms with Crippen molar-refractivity contribution < 1.29 is 14.0 Å². The number of benzene rings is 1. The first kappa shape index (κ1) is 14.6. The number of nitrogens with one attached hydrogen (secondary N) is 2. The highest BCUT2D eigenvalue weighted by molar-refractivity contribution is 6.02. The van der Waals surface area contributed by atoms with Crippen LogP contribution >= 0.6 is 0 Å². The van der Waals surface area contributed by atoms with Crippen LogP contribution in [0.5, 0.6) is 0 Å². The Kier molecular flexibility index (Phi) is 4.56. The average molecular weight is 284 g/mol. The van der Waals surface area contributed by atoms with E-state index in [0.717, 1.165) is 5.76 Å². The molecule has 21 heavy (non-hydrogen) atoms. The lowest BCUT2D eigenvalue weighted by molar-refractivity contribution is -0.111. The van der Waals surface area contributed by atoms with Gasteiger partial charge < -0.3 is 15.1 Å². The van der Waals surface area contributed by atoms with E-state index in [-0.39, 0.29) is 11.8 Å². The Morgan fingerprint density at radius 3 is 2.67 bits per heavy atom. The zero-order valence-electron chi connectivity index (χ0n) is 11.8. The van der Waals surface area contributed by atoms with E-state index >= 15 is 0 Å². The van der Waals surface area contributed by atoms with Gasteiger partial charge in [0.25, 0.3) is 5.91 Å². The Morgan fingerprint density at radius 1 is 1.19 bits per heavy atom. The van der Waals surface area contributed by atoms with Gasteiger partial charge in [-0.1, -0.05) is 6.07 Å². The Labute approximate surface area is 122 Å².